The molecule has 4 N–H and O–H groups in total. The van der Waals surface area contributed by atoms with E-state index in [9.17, 15) is 20.1 Å². The van der Waals surface area contributed by atoms with Crippen LogP contribution in [0.25, 0.3) is 0 Å². The molecule has 0 aliphatic carbocycles. The molecule has 0 heterocycles. The standard InChI is InChI=1S/C39H79NO4/c1-3-5-7-9-11-13-15-16-17-18-19-20-21-22-23-25-27-29-31-33-38(43)37(35-41)40-39(44)34-36(42)32-30-28-26-24-14-12-10-8-6-4-2/h36-38,41-43H,3-35H2,1-2H3,(H,40,44). The maximum Gasteiger partial charge on any atom is 0.222 e. The highest BCUT2D eigenvalue weighted by Gasteiger charge is 2.21. The van der Waals surface area contributed by atoms with Crippen LogP contribution in [0.5, 0.6) is 0 Å². The summed E-state index contributed by atoms with van der Waals surface area (Å²) < 4.78 is 0. The van der Waals surface area contributed by atoms with Gasteiger partial charge >= 0.3 is 0 Å². The molecule has 0 rings (SSSR count). The molecule has 3 atom stereocenters. The Morgan fingerprint density at radius 2 is 0.773 bits per heavy atom. The number of amides is 1. The summed E-state index contributed by atoms with van der Waals surface area (Å²) in [4.78, 5) is 12.4. The molecule has 0 saturated heterocycles. The summed E-state index contributed by atoms with van der Waals surface area (Å²) in [7, 11) is 0. The van der Waals surface area contributed by atoms with Crippen LogP contribution in [0.4, 0.5) is 0 Å². The van der Waals surface area contributed by atoms with Gasteiger partial charge in [0.2, 0.25) is 5.91 Å². The molecule has 5 nitrogen and oxygen atoms in total. The van der Waals surface area contributed by atoms with Crippen LogP contribution in [-0.2, 0) is 4.79 Å². The molecule has 0 saturated carbocycles. The first kappa shape index (κ1) is 43.4. The highest BCUT2D eigenvalue weighted by atomic mass is 16.3. The first-order valence-electron chi connectivity index (χ1n) is 19.8. The van der Waals surface area contributed by atoms with Crippen LogP contribution < -0.4 is 5.32 Å². The van der Waals surface area contributed by atoms with Crippen LogP contribution in [-0.4, -0.2) is 46.1 Å². The van der Waals surface area contributed by atoms with Gasteiger partial charge in [0.15, 0.2) is 0 Å². The largest absolute Gasteiger partial charge is 0.394 e. The molecule has 0 aromatic carbocycles. The lowest BCUT2D eigenvalue weighted by Gasteiger charge is -2.23. The minimum absolute atomic E-state index is 0.0416. The molecule has 44 heavy (non-hydrogen) atoms. The molecule has 0 spiro atoms. The summed E-state index contributed by atoms with van der Waals surface area (Å²) in [5.41, 5.74) is 0. The summed E-state index contributed by atoms with van der Waals surface area (Å²) in [6.07, 6.45) is 37.8. The van der Waals surface area contributed by atoms with E-state index < -0.39 is 18.2 Å². The number of nitrogens with one attached hydrogen (secondary N) is 1. The quantitative estimate of drug-likeness (QED) is 0.0521. The number of carbonyl (C=O) groups excluding carboxylic acids is 1. The smallest absolute Gasteiger partial charge is 0.222 e. The van der Waals surface area contributed by atoms with Gasteiger partial charge < -0.3 is 20.6 Å². The zero-order valence-electron chi connectivity index (χ0n) is 29.8. The molecule has 0 radical (unpaired) electrons. The molecular formula is C39H79NO4. The molecule has 0 fully saturated rings. The van der Waals surface area contributed by atoms with Crippen LogP contribution >= 0.6 is 0 Å². The van der Waals surface area contributed by atoms with Gasteiger partial charge in [-0.1, -0.05) is 200 Å². The van der Waals surface area contributed by atoms with E-state index in [2.05, 4.69) is 19.2 Å². The first-order valence-corrected chi connectivity index (χ1v) is 19.8. The second-order valence-corrected chi connectivity index (χ2v) is 13.9. The zero-order chi connectivity index (χ0) is 32.4. The summed E-state index contributed by atoms with van der Waals surface area (Å²) >= 11 is 0. The lowest BCUT2D eigenvalue weighted by atomic mass is 10.0. The maximum absolute atomic E-state index is 12.4. The third-order valence-corrected chi connectivity index (χ3v) is 9.42. The van der Waals surface area contributed by atoms with Crippen molar-refractivity contribution in [3.05, 3.63) is 0 Å². The van der Waals surface area contributed by atoms with Gasteiger partial charge in [0.1, 0.15) is 0 Å². The Labute approximate surface area is 275 Å². The van der Waals surface area contributed by atoms with Gasteiger partial charge in [-0.15, -0.1) is 0 Å². The summed E-state index contributed by atoms with van der Waals surface area (Å²) in [5, 5.41) is 33.2. The Hall–Kier alpha value is -0.650. The number of unbranched alkanes of at least 4 members (excludes halogenated alkanes) is 27. The highest BCUT2D eigenvalue weighted by Crippen LogP contribution is 2.16. The number of aliphatic hydroxyl groups excluding tert-OH is 3. The van der Waals surface area contributed by atoms with Crippen LogP contribution in [0.1, 0.15) is 219 Å². The molecule has 0 aromatic rings. The van der Waals surface area contributed by atoms with Crippen molar-refractivity contribution in [3.8, 4) is 0 Å². The van der Waals surface area contributed by atoms with Crippen molar-refractivity contribution in [3.63, 3.8) is 0 Å². The zero-order valence-corrected chi connectivity index (χ0v) is 29.8. The number of aliphatic hydroxyl groups is 3. The van der Waals surface area contributed by atoms with Crippen molar-refractivity contribution in [1.82, 2.24) is 5.32 Å². The van der Waals surface area contributed by atoms with Crippen molar-refractivity contribution in [2.24, 2.45) is 0 Å². The monoisotopic (exact) mass is 626 g/mol. The molecule has 0 bridgehead atoms. The summed E-state index contributed by atoms with van der Waals surface area (Å²) in [6.45, 7) is 4.25. The van der Waals surface area contributed by atoms with Crippen LogP contribution in [0.3, 0.4) is 0 Å². The number of hydrogen-bond donors (Lipinski definition) is 4. The molecule has 5 heteroatoms. The van der Waals surface area contributed by atoms with Gasteiger partial charge in [-0.05, 0) is 12.8 Å². The fourth-order valence-electron chi connectivity index (χ4n) is 6.35. The average Bonchev–Trinajstić information content (AvgIpc) is 3.01. The Bertz CT molecular complexity index is 572. The minimum Gasteiger partial charge on any atom is -0.394 e. The molecule has 264 valence electrons. The van der Waals surface area contributed by atoms with Gasteiger partial charge in [0, 0.05) is 0 Å². The molecule has 0 aliphatic heterocycles. The maximum atomic E-state index is 12.4. The third kappa shape index (κ3) is 31.3. The molecular weight excluding hydrogens is 546 g/mol. The van der Waals surface area contributed by atoms with Gasteiger partial charge in [-0.3, -0.25) is 4.79 Å². The van der Waals surface area contributed by atoms with Gasteiger partial charge in [0.25, 0.3) is 0 Å². The second-order valence-electron chi connectivity index (χ2n) is 13.9. The van der Waals surface area contributed by atoms with E-state index in [1.807, 2.05) is 0 Å². The van der Waals surface area contributed by atoms with E-state index in [0.717, 1.165) is 25.7 Å². The van der Waals surface area contributed by atoms with E-state index in [0.29, 0.717) is 12.8 Å². The predicted octanol–water partition coefficient (Wildman–Crippen LogP) is 10.7. The van der Waals surface area contributed by atoms with Crippen molar-refractivity contribution in [1.29, 1.82) is 0 Å². The Balaban J connectivity index is 3.59. The summed E-state index contributed by atoms with van der Waals surface area (Å²) in [6, 6.07) is -0.650. The fraction of sp³-hybridized carbons (Fsp3) is 0.974. The lowest BCUT2D eigenvalue weighted by molar-refractivity contribution is -0.125. The van der Waals surface area contributed by atoms with E-state index in [4.69, 9.17) is 0 Å². The van der Waals surface area contributed by atoms with Crippen LogP contribution in [0.15, 0.2) is 0 Å². The normalized spacial score (nSPS) is 13.7. The number of hydrogen-bond acceptors (Lipinski definition) is 4. The predicted molar refractivity (Wildman–Crippen MR) is 190 cm³/mol. The lowest BCUT2D eigenvalue weighted by Crippen LogP contribution is -2.46. The van der Waals surface area contributed by atoms with Gasteiger partial charge in [0.05, 0.1) is 31.3 Å². The summed E-state index contributed by atoms with van der Waals surface area (Å²) in [5.74, 6) is -0.282. The van der Waals surface area contributed by atoms with E-state index in [1.54, 1.807) is 0 Å². The number of carbonyl (C=O) groups is 1. The average molecular weight is 626 g/mol. The van der Waals surface area contributed by atoms with E-state index >= 15 is 0 Å². The minimum atomic E-state index is -0.742. The van der Waals surface area contributed by atoms with Crippen molar-refractivity contribution < 1.29 is 20.1 Å². The van der Waals surface area contributed by atoms with Gasteiger partial charge in [-0.25, -0.2) is 0 Å². The number of rotatable bonds is 36. The Kier molecular flexibility index (Phi) is 34.7. The van der Waals surface area contributed by atoms with Crippen molar-refractivity contribution in [2.45, 2.75) is 238 Å². The van der Waals surface area contributed by atoms with Crippen LogP contribution in [0.2, 0.25) is 0 Å². The van der Waals surface area contributed by atoms with E-state index in [-0.39, 0.29) is 18.9 Å². The highest BCUT2D eigenvalue weighted by molar-refractivity contribution is 5.76. The Morgan fingerprint density at radius 1 is 0.477 bits per heavy atom. The van der Waals surface area contributed by atoms with Gasteiger partial charge in [-0.2, -0.15) is 0 Å². The SMILES string of the molecule is CCCCCCCCCCCCCCCCCCCCCC(O)C(CO)NC(=O)CC(O)CCCCCCCCCCCC. The topological polar surface area (TPSA) is 89.8 Å². The van der Waals surface area contributed by atoms with Crippen molar-refractivity contribution >= 4 is 5.91 Å². The fourth-order valence-corrected chi connectivity index (χ4v) is 6.35. The first-order chi connectivity index (χ1) is 21.5. The Morgan fingerprint density at radius 3 is 1.09 bits per heavy atom. The second kappa shape index (κ2) is 35.2. The van der Waals surface area contributed by atoms with Crippen molar-refractivity contribution in [2.75, 3.05) is 6.61 Å². The molecule has 0 aliphatic rings. The molecule has 0 aromatic heterocycles. The molecule has 3 unspecified atom stereocenters. The third-order valence-electron chi connectivity index (χ3n) is 9.42. The molecule has 1 amide bonds. The van der Waals surface area contributed by atoms with E-state index in [1.165, 1.54) is 161 Å². The van der Waals surface area contributed by atoms with Crippen LogP contribution in [0, 0.1) is 0 Å².